The van der Waals surface area contributed by atoms with Gasteiger partial charge in [0.2, 0.25) is 0 Å². The molecule has 0 radical (unpaired) electrons. The first kappa shape index (κ1) is 10.9. The van der Waals surface area contributed by atoms with E-state index in [1.807, 2.05) is 12.1 Å². The van der Waals surface area contributed by atoms with Gasteiger partial charge in [0.25, 0.3) is 0 Å². The van der Waals surface area contributed by atoms with E-state index >= 15 is 0 Å². The molecule has 0 aliphatic heterocycles. The van der Waals surface area contributed by atoms with Gasteiger partial charge in [0, 0.05) is 4.47 Å². The molecule has 1 unspecified atom stereocenters. The predicted molar refractivity (Wildman–Crippen MR) is 69.2 cm³/mol. The zero-order valence-corrected chi connectivity index (χ0v) is 10.8. The van der Waals surface area contributed by atoms with Crippen molar-refractivity contribution in [2.24, 2.45) is 5.73 Å². The first-order valence-corrected chi connectivity index (χ1v) is 6.46. The van der Waals surface area contributed by atoms with E-state index in [2.05, 4.69) is 45.7 Å². The van der Waals surface area contributed by atoms with Gasteiger partial charge in [-0.2, -0.15) is 11.3 Å². The van der Waals surface area contributed by atoms with E-state index in [4.69, 9.17) is 5.73 Å². The Morgan fingerprint density at radius 1 is 1.20 bits per heavy atom. The Bertz CT molecular complexity index is 447. The molecule has 0 amide bonds. The summed E-state index contributed by atoms with van der Waals surface area (Å²) in [5, 5.41) is 4.26. The molecular weight excluding hydrogens is 270 g/mol. The summed E-state index contributed by atoms with van der Waals surface area (Å²) in [4.78, 5) is 0. The fourth-order valence-corrected chi connectivity index (χ4v) is 2.69. The van der Waals surface area contributed by atoms with Gasteiger partial charge in [0.05, 0.1) is 6.04 Å². The van der Waals surface area contributed by atoms with Crippen LogP contribution in [-0.2, 0) is 0 Å². The lowest BCUT2D eigenvalue weighted by molar-refractivity contribution is 0.868. The lowest BCUT2D eigenvalue weighted by Crippen LogP contribution is -2.11. The van der Waals surface area contributed by atoms with Crippen LogP contribution in [0, 0.1) is 6.92 Å². The molecule has 1 atom stereocenters. The molecule has 3 heteroatoms. The summed E-state index contributed by atoms with van der Waals surface area (Å²) in [5.74, 6) is 0. The van der Waals surface area contributed by atoms with Crippen LogP contribution in [0.1, 0.15) is 22.7 Å². The zero-order chi connectivity index (χ0) is 10.8. The molecule has 0 aliphatic rings. The summed E-state index contributed by atoms with van der Waals surface area (Å²) in [5.41, 5.74) is 9.85. The number of nitrogens with two attached hydrogens (primary N) is 1. The number of aryl methyl sites for hydroxylation is 1. The van der Waals surface area contributed by atoms with Crippen molar-refractivity contribution in [2.45, 2.75) is 13.0 Å². The van der Waals surface area contributed by atoms with Crippen molar-refractivity contribution in [3.05, 3.63) is 56.2 Å². The highest BCUT2D eigenvalue weighted by atomic mass is 79.9. The predicted octanol–water partition coefficient (Wildman–Crippen LogP) is 3.87. The normalized spacial score (nSPS) is 12.7. The lowest BCUT2D eigenvalue weighted by atomic mass is 10.00. The molecular formula is C12H12BrNS. The summed E-state index contributed by atoms with van der Waals surface area (Å²) in [6, 6.07) is 8.16. The molecule has 1 heterocycles. The largest absolute Gasteiger partial charge is 0.320 e. The van der Waals surface area contributed by atoms with Crippen LogP contribution in [0.4, 0.5) is 0 Å². The standard InChI is InChI=1S/C12H12BrNS/c1-8-6-15-7-11(8)12(14)9-2-4-10(13)5-3-9/h2-7,12H,14H2,1H3. The van der Waals surface area contributed by atoms with Gasteiger partial charge < -0.3 is 5.73 Å². The number of halogens is 1. The Morgan fingerprint density at radius 2 is 1.87 bits per heavy atom. The molecule has 0 spiro atoms. The molecule has 0 saturated carbocycles. The molecule has 1 aromatic carbocycles. The van der Waals surface area contributed by atoms with Crippen LogP contribution < -0.4 is 5.73 Å². The Labute approximate surface area is 102 Å². The van der Waals surface area contributed by atoms with Crippen molar-refractivity contribution >= 4 is 27.3 Å². The monoisotopic (exact) mass is 281 g/mol. The van der Waals surface area contributed by atoms with Crippen LogP contribution in [0.2, 0.25) is 0 Å². The maximum absolute atomic E-state index is 6.20. The molecule has 0 aliphatic carbocycles. The topological polar surface area (TPSA) is 26.0 Å². The summed E-state index contributed by atoms with van der Waals surface area (Å²) < 4.78 is 1.08. The lowest BCUT2D eigenvalue weighted by Gasteiger charge is -2.11. The van der Waals surface area contributed by atoms with Crippen molar-refractivity contribution < 1.29 is 0 Å². The highest BCUT2D eigenvalue weighted by Crippen LogP contribution is 2.26. The van der Waals surface area contributed by atoms with Gasteiger partial charge in [0.1, 0.15) is 0 Å². The fourth-order valence-electron chi connectivity index (χ4n) is 1.54. The van der Waals surface area contributed by atoms with Gasteiger partial charge >= 0.3 is 0 Å². The third kappa shape index (κ3) is 2.30. The Morgan fingerprint density at radius 3 is 2.40 bits per heavy atom. The van der Waals surface area contributed by atoms with E-state index in [-0.39, 0.29) is 6.04 Å². The van der Waals surface area contributed by atoms with Crippen LogP contribution >= 0.6 is 27.3 Å². The summed E-state index contributed by atoms with van der Waals surface area (Å²) >= 11 is 5.12. The molecule has 0 bridgehead atoms. The molecule has 2 aromatic rings. The minimum Gasteiger partial charge on any atom is -0.320 e. The maximum Gasteiger partial charge on any atom is 0.0562 e. The van der Waals surface area contributed by atoms with Crippen LogP contribution in [0.5, 0.6) is 0 Å². The second kappa shape index (κ2) is 4.47. The van der Waals surface area contributed by atoms with Crippen LogP contribution in [0.3, 0.4) is 0 Å². The molecule has 2 N–H and O–H groups in total. The first-order chi connectivity index (χ1) is 7.18. The van der Waals surface area contributed by atoms with Gasteiger partial charge in [-0.15, -0.1) is 0 Å². The van der Waals surface area contributed by atoms with Gasteiger partial charge in [-0.3, -0.25) is 0 Å². The van der Waals surface area contributed by atoms with Crippen molar-refractivity contribution in [1.29, 1.82) is 0 Å². The molecule has 0 saturated heterocycles. The Kier molecular flexibility index (Phi) is 3.24. The Hall–Kier alpha value is -0.640. The smallest absolute Gasteiger partial charge is 0.0562 e. The highest BCUT2D eigenvalue weighted by molar-refractivity contribution is 9.10. The van der Waals surface area contributed by atoms with Crippen LogP contribution in [0.25, 0.3) is 0 Å². The molecule has 0 fully saturated rings. The molecule has 78 valence electrons. The second-order valence-electron chi connectivity index (χ2n) is 3.54. The van der Waals surface area contributed by atoms with Crippen LogP contribution in [0.15, 0.2) is 39.5 Å². The Balaban J connectivity index is 2.32. The first-order valence-electron chi connectivity index (χ1n) is 4.72. The third-order valence-corrected chi connectivity index (χ3v) is 3.87. The average Bonchev–Trinajstić information content (AvgIpc) is 2.65. The summed E-state index contributed by atoms with van der Waals surface area (Å²) in [6.07, 6.45) is 0. The van der Waals surface area contributed by atoms with Crippen molar-refractivity contribution in [3.63, 3.8) is 0 Å². The van der Waals surface area contributed by atoms with E-state index in [1.54, 1.807) is 11.3 Å². The minimum absolute atomic E-state index is 0.00986. The van der Waals surface area contributed by atoms with Gasteiger partial charge in [-0.05, 0) is 46.5 Å². The molecule has 1 nitrogen and oxygen atoms in total. The van der Waals surface area contributed by atoms with E-state index in [0.717, 1.165) is 10.0 Å². The highest BCUT2D eigenvalue weighted by Gasteiger charge is 2.11. The quantitative estimate of drug-likeness (QED) is 0.889. The number of benzene rings is 1. The van der Waals surface area contributed by atoms with Crippen molar-refractivity contribution in [2.75, 3.05) is 0 Å². The number of hydrogen-bond donors (Lipinski definition) is 1. The number of rotatable bonds is 2. The zero-order valence-electron chi connectivity index (χ0n) is 8.41. The number of thiophene rings is 1. The van der Waals surface area contributed by atoms with Gasteiger partial charge in [-0.1, -0.05) is 28.1 Å². The van der Waals surface area contributed by atoms with E-state index < -0.39 is 0 Å². The van der Waals surface area contributed by atoms with Gasteiger partial charge in [-0.25, -0.2) is 0 Å². The second-order valence-corrected chi connectivity index (χ2v) is 5.20. The maximum atomic E-state index is 6.20. The van der Waals surface area contributed by atoms with Crippen LogP contribution in [-0.4, -0.2) is 0 Å². The third-order valence-electron chi connectivity index (χ3n) is 2.46. The fraction of sp³-hybridized carbons (Fsp3) is 0.167. The SMILES string of the molecule is Cc1cscc1C(N)c1ccc(Br)cc1. The molecule has 2 rings (SSSR count). The average molecular weight is 282 g/mol. The molecule has 15 heavy (non-hydrogen) atoms. The van der Waals surface area contributed by atoms with E-state index in [0.29, 0.717) is 0 Å². The van der Waals surface area contributed by atoms with Crippen molar-refractivity contribution in [3.8, 4) is 0 Å². The summed E-state index contributed by atoms with van der Waals surface area (Å²) in [6.45, 7) is 2.10. The van der Waals surface area contributed by atoms with E-state index in [1.165, 1.54) is 11.1 Å². The minimum atomic E-state index is -0.00986. The van der Waals surface area contributed by atoms with Gasteiger partial charge in [0.15, 0.2) is 0 Å². The van der Waals surface area contributed by atoms with Crippen molar-refractivity contribution in [1.82, 2.24) is 0 Å². The number of hydrogen-bond acceptors (Lipinski definition) is 2. The molecule has 1 aromatic heterocycles. The summed E-state index contributed by atoms with van der Waals surface area (Å²) in [7, 11) is 0. The van der Waals surface area contributed by atoms with E-state index in [9.17, 15) is 0 Å².